The summed E-state index contributed by atoms with van der Waals surface area (Å²) in [4.78, 5) is 3.88. The second kappa shape index (κ2) is 1.73. The fourth-order valence-electron chi connectivity index (χ4n) is 0.448. The standard InChI is InChI=1S/C6H7N/c1-6-3-2-4-7-5-6/h2-5H,1H3/p+1. The van der Waals surface area contributed by atoms with Gasteiger partial charge in [0.05, 0.1) is 0 Å². The molecule has 0 radical (unpaired) electrons. The van der Waals surface area contributed by atoms with Crippen molar-refractivity contribution in [2.24, 2.45) is 0 Å². The van der Waals surface area contributed by atoms with E-state index in [0.717, 1.165) is 0 Å². The van der Waals surface area contributed by atoms with Crippen LogP contribution in [0.3, 0.4) is 0 Å². The van der Waals surface area contributed by atoms with Gasteiger partial charge in [-0.1, -0.05) is 6.07 Å². The number of pyridine rings is 1. The Labute approximate surface area is 44.5 Å². The van der Waals surface area contributed by atoms with Crippen LogP contribution in [-0.4, -0.2) is 4.98 Å². The molecule has 0 fully saturated rings. The molecule has 0 aliphatic rings. The second-order valence-corrected chi connectivity index (χ2v) is 1.53. The summed E-state index contributed by atoms with van der Waals surface area (Å²) in [5.41, 5.74) is 1.21. The van der Waals surface area contributed by atoms with Gasteiger partial charge in [0.1, 0.15) is 0 Å². The van der Waals surface area contributed by atoms with Crippen LogP contribution < -0.4 is 0 Å². The van der Waals surface area contributed by atoms with E-state index >= 15 is 0 Å². The minimum absolute atomic E-state index is 0. The van der Waals surface area contributed by atoms with Crippen LogP contribution in [0.4, 0.5) is 0 Å². The summed E-state index contributed by atoms with van der Waals surface area (Å²) in [7, 11) is 0. The van der Waals surface area contributed by atoms with Gasteiger partial charge in [0.15, 0.2) is 0 Å². The van der Waals surface area contributed by atoms with E-state index in [-0.39, 0.29) is 1.43 Å². The summed E-state index contributed by atoms with van der Waals surface area (Å²) in [5, 5.41) is 0. The molecule has 0 saturated carbocycles. The van der Waals surface area contributed by atoms with Crippen LogP contribution in [0.2, 0.25) is 0 Å². The molecule has 1 heterocycles. The lowest BCUT2D eigenvalue weighted by atomic mass is 10.3. The first-order valence-electron chi connectivity index (χ1n) is 2.26. The van der Waals surface area contributed by atoms with Gasteiger partial charge in [-0.25, -0.2) is 0 Å². The third-order valence-corrected chi connectivity index (χ3v) is 0.809. The number of hydrogen-bond acceptors (Lipinski definition) is 1. The Morgan fingerprint density at radius 1 is 1.71 bits per heavy atom. The summed E-state index contributed by atoms with van der Waals surface area (Å²) in [6.07, 6.45) is 3.60. The van der Waals surface area contributed by atoms with Crippen molar-refractivity contribution >= 4 is 0 Å². The number of aromatic nitrogens is 1. The van der Waals surface area contributed by atoms with Gasteiger partial charge < -0.3 is 0 Å². The Kier molecular flexibility index (Phi) is 1.07. The van der Waals surface area contributed by atoms with Gasteiger partial charge in [0.2, 0.25) is 0 Å². The maximum absolute atomic E-state index is 3.88. The molecule has 0 saturated heterocycles. The Morgan fingerprint density at radius 2 is 2.57 bits per heavy atom. The molecule has 0 aliphatic heterocycles. The van der Waals surface area contributed by atoms with Crippen LogP contribution in [0.15, 0.2) is 24.5 Å². The highest BCUT2D eigenvalue weighted by atomic mass is 14.6. The molecule has 0 aliphatic carbocycles. The number of hydrogen-bond donors (Lipinski definition) is 0. The molecule has 1 heteroatoms. The van der Waals surface area contributed by atoms with Crippen molar-refractivity contribution in [3.8, 4) is 0 Å². The van der Waals surface area contributed by atoms with E-state index in [9.17, 15) is 0 Å². The van der Waals surface area contributed by atoms with Crippen LogP contribution in [0, 0.1) is 6.92 Å². The number of aryl methyl sites for hydroxylation is 1. The largest absolute Gasteiger partial charge is 1.00 e. The number of rotatable bonds is 0. The molecule has 0 unspecified atom stereocenters. The highest BCUT2D eigenvalue weighted by molar-refractivity contribution is 5.04. The zero-order valence-corrected chi connectivity index (χ0v) is 4.26. The SMILES string of the molecule is Cc1cccnc1.[H+]. The van der Waals surface area contributed by atoms with Crippen LogP contribution in [0.25, 0.3) is 0 Å². The van der Waals surface area contributed by atoms with Crippen molar-refractivity contribution in [2.75, 3.05) is 0 Å². The maximum atomic E-state index is 3.88. The summed E-state index contributed by atoms with van der Waals surface area (Å²) in [5.74, 6) is 0. The zero-order valence-electron chi connectivity index (χ0n) is 5.26. The lowest BCUT2D eigenvalue weighted by molar-refractivity contribution is 1.27. The van der Waals surface area contributed by atoms with Crippen LogP contribution in [0.5, 0.6) is 0 Å². The maximum Gasteiger partial charge on any atom is 1.00 e. The van der Waals surface area contributed by atoms with E-state index in [1.165, 1.54) is 5.56 Å². The molecule has 0 amide bonds. The first-order valence-corrected chi connectivity index (χ1v) is 2.26. The van der Waals surface area contributed by atoms with Crippen molar-refractivity contribution in [1.82, 2.24) is 4.98 Å². The van der Waals surface area contributed by atoms with Crippen molar-refractivity contribution < 1.29 is 1.43 Å². The third-order valence-electron chi connectivity index (χ3n) is 0.809. The molecule has 1 rings (SSSR count). The third kappa shape index (κ3) is 1.000. The predicted octanol–water partition coefficient (Wildman–Crippen LogP) is 1.50. The first-order chi connectivity index (χ1) is 3.39. The average molecular weight is 94.1 g/mol. The van der Waals surface area contributed by atoms with E-state index in [2.05, 4.69) is 4.98 Å². The molecule has 1 aromatic heterocycles. The molecule has 1 aromatic rings. The highest BCUT2D eigenvalue weighted by Gasteiger charge is 1.73. The summed E-state index contributed by atoms with van der Waals surface area (Å²) in [6, 6.07) is 3.95. The summed E-state index contributed by atoms with van der Waals surface area (Å²) >= 11 is 0. The zero-order chi connectivity index (χ0) is 5.11. The fraction of sp³-hybridized carbons (Fsp3) is 0.167. The van der Waals surface area contributed by atoms with Gasteiger partial charge in [-0.15, -0.1) is 0 Å². The first kappa shape index (κ1) is 4.31. The molecule has 1 nitrogen and oxygen atoms in total. The van der Waals surface area contributed by atoms with Gasteiger partial charge in [0.25, 0.3) is 0 Å². The van der Waals surface area contributed by atoms with Crippen molar-refractivity contribution in [2.45, 2.75) is 6.92 Å². The van der Waals surface area contributed by atoms with Gasteiger partial charge >= 0.3 is 1.43 Å². The van der Waals surface area contributed by atoms with Gasteiger partial charge in [-0.2, -0.15) is 0 Å². The van der Waals surface area contributed by atoms with Gasteiger partial charge in [-0.05, 0) is 18.6 Å². The van der Waals surface area contributed by atoms with Crippen molar-refractivity contribution in [1.29, 1.82) is 0 Å². The van der Waals surface area contributed by atoms with E-state index in [4.69, 9.17) is 0 Å². The Balaban J connectivity index is 0.000000490. The van der Waals surface area contributed by atoms with E-state index in [1.807, 2.05) is 25.3 Å². The molecule has 0 bridgehead atoms. The Hall–Kier alpha value is -0.850. The van der Waals surface area contributed by atoms with E-state index in [0.29, 0.717) is 0 Å². The number of nitrogens with zero attached hydrogens (tertiary/aromatic N) is 1. The summed E-state index contributed by atoms with van der Waals surface area (Å²) in [6.45, 7) is 2.02. The lowest BCUT2D eigenvalue weighted by Crippen LogP contribution is -1.69. The Morgan fingerprint density at radius 3 is 2.86 bits per heavy atom. The monoisotopic (exact) mass is 94.1 g/mol. The smallest absolute Gasteiger partial charge is 0.264 e. The van der Waals surface area contributed by atoms with Crippen LogP contribution in [-0.2, 0) is 0 Å². The molecular weight excluding hydrogens is 86.1 g/mol. The normalized spacial score (nSPS) is 8.71. The topological polar surface area (TPSA) is 12.9 Å². The van der Waals surface area contributed by atoms with E-state index < -0.39 is 0 Å². The molecule has 0 atom stereocenters. The minimum Gasteiger partial charge on any atom is -0.264 e. The summed E-state index contributed by atoms with van der Waals surface area (Å²) < 4.78 is 0. The molecule has 36 valence electrons. The fourth-order valence-corrected chi connectivity index (χ4v) is 0.448. The molecule has 0 N–H and O–H groups in total. The lowest BCUT2D eigenvalue weighted by Gasteiger charge is -1.82. The molecule has 7 heavy (non-hydrogen) atoms. The highest BCUT2D eigenvalue weighted by Crippen LogP contribution is 1.88. The average Bonchev–Trinajstić information content (AvgIpc) is 1.69. The van der Waals surface area contributed by atoms with Gasteiger partial charge in [-0.3, -0.25) is 4.98 Å². The van der Waals surface area contributed by atoms with Crippen LogP contribution >= 0.6 is 0 Å². The van der Waals surface area contributed by atoms with Gasteiger partial charge in [0, 0.05) is 12.4 Å². The van der Waals surface area contributed by atoms with Crippen molar-refractivity contribution in [3.05, 3.63) is 30.1 Å². The Bertz CT molecular complexity index is 138. The van der Waals surface area contributed by atoms with Crippen molar-refractivity contribution in [3.63, 3.8) is 0 Å². The molecular formula is C6H8N+. The molecule has 0 aromatic carbocycles. The predicted molar refractivity (Wildman–Crippen MR) is 30.1 cm³/mol. The van der Waals surface area contributed by atoms with Crippen LogP contribution in [0.1, 0.15) is 6.99 Å². The van der Waals surface area contributed by atoms with E-state index in [1.54, 1.807) is 6.20 Å². The minimum atomic E-state index is 0. The molecule has 0 spiro atoms. The second-order valence-electron chi connectivity index (χ2n) is 1.53. The quantitative estimate of drug-likeness (QED) is 0.474.